The van der Waals surface area contributed by atoms with Gasteiger partial charge < -0.3 is 15.0 Å². The van der Waals surface area contributed by atoms with Gasteiger partial charge in [0.1, 0.15) is 5.69 Å². The van der Waals surface area contributed by atoms with E-state index < -0.39 is 5.97 Å². The number of nitrogens with one attached hydrogen (secondary N) is 1. The van der Waals surface area contributed by atoms with E-state index in [1.807, 2.05) is 47.0 Å². The minimum atomic E-state index is -0.886. The van der Waals surface area contributed by atoms with Gasteiger partial charge in [0, 0.05) is 35.6 Å². The molecule has 1 heterocycles. The lowest BCUT2D eigenvalue weighted by atomic mass is 10.1. The number of nitrogens with zero attached hydrogens (tertiary/aromatic N) is 1. The van der Waals surface area contributed by atoms with Crippen molar-refractivity contribution in [1.82, 2.24) is 9.88 Å². The first-order chi connectivity index (χ1) is 15.5. The van der Waals surface area contributed by atoms with Crippen molar-refractivity contribution in [2.24, 2.45) is 0 Å². The van der Waals surface area contributed by atoms with Crippen molar-refractivity contribution < 1.29 is 9.90 Å². The molecular weight excluding hydrogens is 396 g/mol. The summed E-state index contributed by atoms with van der Waals surface area (Å²) in [4.78, 5) is 12.4. The van der Waals surface area contributed by atoms with Gasteiger partial charge in [0.15, 0.2) is 0 Å². The van der Waals surface area contributed by atoms with Crippen LogP contribution in [0.25, 0.3) is 10.9 Å². The molecule has 0 amide bonds. The highest BCUT2D eigenvalue weighted by Gasteiger charge is 2.22. The maximum Gasteiger partial charge on any atom is 0.352 e. The molecule has 0 bridgehead atoms. The Morgan fingerprint density at radius 2 is 1.66 bits per heavy atom. The van der Waals surface area contributed by atoms with Gasteiger partial charge in [-0.2, -0.15) is 0 Å². The third-order valence-electron chi connectivity index (χ3n) is 6.20. The van der Waals surface area contributed by atoms with Crippen LogP contribution in [0.15, 0.2) is 78.9 Å². The van der Waals surface area contributed by atoms with E-state index in [2.05, 4.69) is 55.6 Å². The zero-order chi connectivity index (χ0) is 22.5. The van der Waals surface area contributed by atoms with Gasteiger partial charge in [0.2, 0.25) is 0 Å². The van der Waals surface area contributed by atoms with Crippen LogP contribution < -0.4 is 5.32 Å². The summed E-state index contributed by atoms with van der Waals surface area (Å²) < 4.78 is 1.95. The molecular formula is C28H30N2O2. The molecule has 4 nitrogen and oxygen atoms in total. The van der Waals surface area contributed by atoms with Crippen molar-refractivity contribution in [3.05, 3.63) is 107 Å². The number of aryl methyl sites for hydroxylation is 2. The summed E-state index contributed by atoms with van der Waals surface area (Å²) in [5.74, 6) is -0.886. The van der Waals surface area contributed by atoms with Crippen LogP contribution in [0.5, 0.6) is 0 Å². The molecule has 0 saturated heterocycles. The molecule has 3 aromatic carbocycles. The van der Waals surface area contributed by atoms with E-state index in [1.54, 1.807) is 0 Å². The molecule has 164 valence electrons. The van der Waals surface area contributed by atoms with Crippen LogP contribution in [0.2, 0.25) is 0 Å². The Morgan fingerprint density at radius 1 is 0.969 bits per heavy atom. The third kappa shape index (κ3) is 4.76. The molecule has 0 radical (unpaired) electrons. The molecule has 0 spiro atoms. The van der Waals surface area contributed by atoms with E-state index in [9.17, 15) is 9.90 Å². The molecule has 0 saturated carbocycles. The fraction of sp³-hybridized carbons (Fsp3) is 0.250. The Morgan fingerprint density at radius 3 is 2.41 bits per heavy atom. The zero-order valence-corrected chi connectivity index (χ0v) is 18.7. The number of aromatic nitrogens is 1. The molecule has 0 aliphatic rings. The van der Waals surface area contributed by atoms with E-state index >= 15 is 0 Å². The Bertz CT molecular complexity index is 1210. The second-order valence-electron chi connectivity index (χ2n) is 8.47. The van der Waals surface area contributed by atoms with E-state index in [0.717, 1.165) is 40.4 Å². The number of benzene rings is 3. The van der Waals surface area contributed by atoms with Crippen LogP contribution in [0, 0.1) is 6.92 Å². The normalized spacial score (nSPS) is 12.2. The predicted molar refractivity (Wildman–Crippen MR) is 130 cm³/mol. The minimum Gasteiger partial charge on any atom is -0.477 e. The number of carboxylic acid groups (broad SMARTS) is 1. The topological polar surface area (TPSA) is 54.3 Å². The highest BCUT2D eigenvalue weighted by molar-refractivity contribution is 5.98. The monoisotopic (exact) mass is 426 g/mol. The van der Waals surface area contributed by atoms with Crippen molar-refractivity contribution >= 4 is 16.9 Å². The largest absolute Gasteiger partial charge is 0.477 e. The van der Waals surface area contributed by atoms with Crippen LogP contribution >= 0.6 is 0 Å². The van der Waals surface area contributed by atoms with Crippen LogP contribution in [0.1, 0.15) is 46.1 Å². The summed E-state index contributed by atoms with van der Waals surface area (Å²) in [6.45, 7) is 5.30. The Kier molecular flexibility index (Phi) is 6.72. The fourth-order valence-corrected chi connectivity index (χ4v) is 4.33. The fourth-order valence-electron chi connectivity index (χ4n) is 4.33. The first-order valence-electron chi connectivity index (χ1n) is 11.2. The lowest BCUT2D eigenvalue weighted by Gasteiger charge is -2.15. The average Bonchev–Trinajstić information content (AvgIpc) is 3.12. The lowest BCUT2D eigenvalue weighted by Crippen LogP contribution is -2.27. The third-order valence-corrected chi connectivity index (χ3v) is 6.20. The number of hydrogen-bond donors (Lipinski definition) is 2. The molecule has 0 unspecified atom stereocenters. The van der Waals surface area contributed by atoms with Crippen LogP contribution in [0.3, 0.4) is 0 Å². The van der Waals surface area contributed by atoms with Crippen LogP contribution in [0.4, 0.5) is 0 Å². The maximum atomic E-state index is 12.4. The Hall–Kier alpha value is -3.37. The summed E-state index contributed by atoms with van der Waals surface area (Å²) in [6.07, 6.45) is 1.99. The Labute approximate surface area is 189 Å². The SMILES string of the molecule is Cc1ccccc1Cn1c(C(=O)O)c(CN[C@@H](C)CCc2ccccc2)c2ccccc21. The second-order valence-corrected chi connectivity index (χ2v) is 8.47. The van der Waals surface area contributed by atoms with Gasteiger partial charge in [-0.3, -0.25) is 0 Å². The standard InChI is InChI=1S/C28H30N2O2/c1-20-10-6-7-13-23(20)19-30-26-15-9-8-14-24(26)25(27(30)28(31)32)18-29-21(2)16-17-22-11-4-3-5-12-22/h3-15,21,29H,16-19H2,1-2H3,(H,31,32)/t21-/m0/s1. The van der Waals surface area contributed by atoms with E-state index in [0.29, 0.717) is 18.8 Å². The highest BCUT2D eigenvalue weighted by atomic mass is 16.4. The molecule has 0 aliphatic heterocycles. The minimum absolute atomic E-state index is 0.273. The quantitative estimate of drug-likeness (QED) is 0.355. The van der Waals surface area contributed by atoms with Gasteiger partial charge in [-0.15, -0.1) is 0 Å². The van der Waals surface area contributed by atoms with Crippen molar-refractivity contribution in [3.63, 3.8) is 0 Å². The number of rotatable bonds is 9. The summed E-state index contributed by atoms with van der Waals surface area (Å²) >= 11 is 0. The lowest BCUT2D eigenvalue weighted by molar-refractivity contribution is 0.0684. The first kappa shape index (κ1) is 21.8. The molecule has 1 aromatic heterocycles. The van der Waals surface area contributed by atoms with Gasteiger partial charge in [-0.25, -0.2) is 4.79 Å². The molecule has 4 aromatic rings. The van der Waals surface area contributed by atoms with Crippen LogP contribution in [-0.2, 0) is 19.5 Å². The number of hydrogen-bond acceptors (Lipinski definition) is 2. The van der Waals surface area contributed by atoms with Gasteiger partial charge in [-0.05, 0) is 49.4 Å². The summed E-state index contributed by atoms with van der Waals surface area (Å²) in [6, 6.07) is 26.9. The van der Waals surface area contributed by atoms with E-state index in [4.69, 9.17) is 0 Å². The van der Waals surface area contributed by atoms with Gasteiger partial charge >= 0.3 is 5.97 Å². The van der Waals surface area contributed by atoms with Crippen LogP contribution in [-0.4, -0.2) is 21.7 Å². The maximum absolute atomic E-state index is 12.4. The molecule has 0 aliphatic carbocycles. The number of carbonyl (C=O) groups is 1. The molecule has 4 heteroatoms. The van der Waals surface area contributed by atoms with E-state index in [1.165, 1.54) is 5.56 Å². The Balaban J connectivity index is 1.60. The first-order valence-corrected chi connectivity index (χ1v) is 11.2. The number of carboxylic acids is 1. The van der Waals surface area contributed by atoms with Gasteiger partial charge in [0.05, 0.1) is 0 Å². The van der Waals surface area contributed by atoms with Crippen molar-refractivity contribution in [2.75, 3.05) is 0 Å². The summed E-state index contributed by atoms with van der Waals surface area (Å²) in [5.41, 5.74) is 5.80. The molecule has 2 N–H and O–H groups in total. The second kappa shape index (κ2) is 9.84. The molecule has 0 fully saturated rings. The number of aromatic carboxylic acids is 1. The smallest absolute Gasteiger partial charge is 0.352 e. The highest BCUT2D eigenvalue weighted by Crippen LogP contribution is 2.28. The zero-order valence-electron chi connectivity index (χ0n) is 18.7. The number of fused-ring (bicyclic) bond motifs is 1. The summed E-state index contributed by atoms with van der Waals surface area (Å²) in [5, 5.41) is 14.7. The van der Waals surface area contributed by atoms with Crippen molar-refractivity contribution in [1.29, 1.82) is 0 Å². The van der Waals surface area contributed by atoms with Crippen molar-refractivity contribution in [3.8, 4) is 0 Å². The van der Waals surface area contributed by atoms with Crippen molar-refractivity contribution in [2.45, 2.75) is 45.8 Å². The van der Waals surface area contributed by atoms with E-state index in [-0.39, 0.29) is 6.04 Å². The summed E-state index contributed by atoms with van der Waals surface area (Å²) in [7, 11) is 0. The molecule has 1 atom stereocenters. The molecule has 32 heavy (non-hydrogen) atoms. The van der Waals surface area contributed by atoms with Gasteiger partial charge in [0.25, 0.3) is 0 Å². The number of para-hydroxylation sites is 1. The predicted octanol–water partition coefficient (Wildman–Crippen LogP) is 5.81. The van der Waals surface area contributed by atoms with Gasteiger partial charge in [-0.1, -0.05) is 72.8 Å². The average molecular weight is 427 g/mol. The molecule has 4 rings (SSSR count).